The molecule has 0 saturated heterocycles. The lowest BCUT2D eigenvalue weighted by molar-refractivity contribution is -0.143. The minimum absolute atomic E-state index is 0.00947. The van der Waals surface area contributed by atoms with E-state index in [2.05, 4.69) is 6.92 Å². The summed E-state index contributed by atoms with van der Waals surface area (Å²) in [5.41, 5.74) is 0. The van der Waals surface area contributed by atoms with Gasteiger partial charge in [0, 0.05) is 6.42 Å². The summed E-state index contributed by atoms with van der Waals surface area (Å²) < 4.78 is 5.23. The first kappa shape index (κ1) is 17.5. The molecule has 0 heterocycles. The van der Waals surface area contributed by atoms with E-state index >= 15 is 0 Å². The lowest BCUT2D eigenvalue weighted by Gasteiger charge is -2.05. The molecule has 1 aliphatic rings. The Balaban J connectivity index is 1.72. The molecule has 0 bridgehead atoms. The number of carbonyl (C=O) groups is 1. The lowest BCUT2D eigenvalue weighted by atomic mass is 10.1. The second-order valence-electron chi connectivity index (χ2n) is 6.38. The molecule has 2 nitrogen and oxygen atoms in total. The zero-order chi connectivity index (χ0) is 14.5. The molecular formula is C18H34O2. The monoisotopic (exact) mass is 282 g/mol. The van der Waals surface area contributed by atoms with E-state index in [-0.39, 0.29) is 5.97 Å². The van der Waals surface area contributed by atoms with E-state index in [0.717, 1.165) is 18.8 Å². The minimum Gasteiger partial charge on any atom is -0.466 e. The average Bonchev–Trinajstić information content (AvgIpc) is 3.25. The van der Waals surface area contributed by atoms with Gasteiger partial charge in [-0.25, -0.2) is 0 Å². The Morgan fingerprint density at radius 3 is 2.25 bits per heavy atom. The fourth-order valence-electron chi connectivity index (χ4n) is 2.60. The van der Waals surface area contributed by atoms with Gasteiger partial charge >= 0.3 is 5.97 Å². The molecule has 1 aliphatic carbocycles. The maximum Gasteiger partial charge on any atom is 0.305 e. The van der Waals surface area contributed by atoms with Crippen LogP contribution < -0.4 is 0 Å². The number of esters is 1. The largest absolute Gasteiger partial charge is 0.466 e. The summed E-state index contributed by atoms with van der Waals surface area (Å²) >= 11 is 0. The van der Waals surface area contributed by atoms with E-state index in [1.54, 1.807) is 0 Å². The molecule has 0 N–H and O–H groups in total. The Kier molecular flexibility index (Phi) is 10.7. The maximum absolute atomic E-state index is 11.5. The van der Waals surface area contributed by atoms with Crippen LogP contribution in [0.3, 0.4) is 0 Å². The molecule has 1 saturated carbocycles. The molecule has 1 rings (SSSR count). The molecule has 0 aromatic heterocycles. The molecule has 0 radical (unpaired) electrons. The van der Waals surface area contributed by atoms with Crippen molar-refractivity contribution < 1.29 is 9.53 Å². The van der Waals surface area contributed by atoms with Crippen molar-refractivity contribution in [2.75, 3.05) is 6.61 Å². The van der Waals surface area contributed by atoms with Gasteiger partial charge in [-0.15, -0.1) is 0 Å². The first-order valence-electron chi connectivity index (χ1n) is 8.98. The van der Waals surface area contributed by atoms with Crippen LogP contribution in [-0.4, -0.2) is 12.6 Å². The number of carbonyl (C=O) groups excluding carboxylic acids is 1. The van der Waals surface area contributed by atoms with Gasteiger partial charge in [0.2, 0.25) is 0 Å². The van der Waals surface area contributed by atoms with Gasteiger partial charge < -0.3 is 4.74 Å². The number of ether oxygens (including phenoxy) is 1. The number of rotatable bonds is 14. The van der Waals surface area contributed by atoms with Crippen molar-refractivity contribution in [2.24, 2.45) is 5.92 Å². The van der Waals surface area contributed by atoms with Crippen LogP contribution in [0.2, 0.25) is 0 Å². The Morgan fingerprint density at radius 1 is 0.900 bits per heavy atom. The molecule has 0 unspecified atom stereocenters. The summed E-state index contributed by atoms with van der Waals surface area (Å²) in [7, 11) is 0. The van der Waals surface area contributed by atoms with Crippen molar-refractivity contribution in [3.05, 3.63) is 0 Å². The van der Waals surface area contributed by atoms with Gasteiger partial charge in [-0.05, 0) is 18.8 Å². The summed E-state index contributed by atoms with van der Waals surface area (Å²) in [5.74, 6) is 1.09. The Hall–Kier alpha value is -0.530. The van der Waals surface area contributed by atoms with Crippen molar-refractivity contribution in [2.45, 2.75) is 96.8 Å². The predicted octanol–water partition coefficient (Wildman–Crippen LogP) is 5.64. The van der Waals surface area contributed by atoms with Crippen molar-refractivity contribution in [1.82, 2.24) is 0 Å². The maximum atomic E-state index is 11.5. The first-order valence-corrected chi connectivity index (χ1v) is 8.98. The van der Waals surface area contributed by atoms with Gasteiger partial charge in [-0.2, -0.15) is 0 Å². The van der Waals surface area contributed by atoms with Gasteiger partial charge in [0.05, 0.1) is 6.61 Å². The second-order valence-corrected chi connectivity index (χ2v) is 6.38. The van der Waals surface area contributed by atoms with E-state index < -0.39 is 0 Å². The van der Waals surface area contributed by atoms with Gasteiger partial charge in [0.15, 0.2) is 0 Å². The molecule has 0 spiro atoms. The Bertz CT molecular complexity index is 234. The molecule has 20 heavy (non-hydrogen) atoms. The predicted molar refractivity (Wildman–Crippen MR) is 84.8 cm³/mol. The summed E-state index contributed by atoms with van der Waals surface area (Å²) in [6, 6.07) is 0. The van der Waals surface area contributed by atoms with Gasteiger partial charge in [0.25, 0.3) is 0 Å². The third-order valence-corrected chi connectivity index (χ3v) is 4.20. The quantitative estimate of drug-likeness (QED) is 0.304. The van der Waals surface area contributed by atoms with Gasteiger partial charge in [-0.3, -0.25) is 4.79 Å². The normalized spacial score (nSPS) is 14.4. The van der Waals surface area contributed by atoms with Crippen molar-refractivity contribution >= 4 is 5.97 Å². The van der Waals surface area contributed by atoms with Crippen LogP contribution in [0.4, 0.5) is 0 Å². The highest BCUT2D eigenvalue weighted by Gasteiger charge is 2.19. The smallest absolute Gasteiger partial charge is 0.305 e. The van der Waals surface area contributed by atoms with Crippen molar-refractivity contribution in [3.8, 4) is 0 Å². The highest BCUT2D eigenvalue weighted by molar-refractivity contribution is 5.69. The van der Waals surface area contributed by atoms with Crippen LogP contribution in [0, 0.1) is 5.92 Å². The summed E-state index contributed by atoms with van der Waals surface area (Å²) in [4.78, 5) is 11.5. The summed E-state index contributed by atoms with van der Waals surface area (Å²) in [6.45, 7) is 2.82. The number of hydrogen-bond acceptors (Lipinski definition) is 2. The third-order valence-electron chi connectivity index (χ3n) is 4.20. The highest BCUT2D eigenvalue weighted by Crippen LogP contribution is 2.34. The highest BCUT2D eigenvalue weighted by atomic mass is 16.5. The molecule has 2 heteroatoms. The molecule has 0 atom stereocenters. The number of hydrogen-bond donors (Lipinski definition) is 0. The van der Waals surface area contributed by atoms with E-state index in [4.69, 9.17) is 4.74 Å². The van der Waals surface area contributed by atoms with Crippen molar-refractivity contribution in [3.63, 3.8) is 0 Å². The first-order chi connectivity index (χ1) is 9.83. The second kappa shape index (κ2) is 12.2. The number of unbranched alkanes of at least 4 members (excludes halogenated alkanes) is 8. The Labute approximate surface area is 125 Å². The van der Waals surface area contributed by atoms with E-state index in [0.29, 0.717) is 13.0 Å². The average molecular weight is 282 g/mol. The molecule has 0 aliphatic heterocycles. The van der Waals surface area contributed by atoms with Crippen LogP contribution >= 0.6 is 0 Å². The third kappa shape index (κ3) is 11.3. The minimum atomic E-state index is 0.00947. The van der Waals surface area contributed by atoms with Gasteiger partial charge in [0.1, 0.15) is 0 Å². The molecule has 118 valence electrons. The molecule has 0 aromatic carbocycles. The van der Waals surface area contributed by atoms with Crippen LogP contribution in [0.5, 0.6) is 0 Å². The van der Waals surface area contributed by atoms with Crippen molar-refractivity contribution in [1.29, 1.82) is 0 Å². The fourth-order valence-corrected chi connectivity index (χ4v) is 2.60. The van der Waals surface area contributed by atoms with Crippen LogP contribution in [-0.2, 0) is 9.53 Å². The summed E-state index contributed by atoms with van der Waals surface area (Å²) in [5, 5.41) is 0. The standard InChI is InChI=1S/C18H34O2/c1-2-3-4-11-16-20-18(19)13-10-8-6-5-7-9-12-17-14-15-17/h17H,2-16H2,1H3. The summed E-state index contributed by atoms with van der Waals surface area (Å²) in [6.07, 6.45) is 17.4. The van der Waals surface area contributed by atoms with Crippen LogP contribution in [0.25, 0.3) is 0 Å². The lowest BCUT2D eigenvalue weighted by Crippen LogP contribution is -2.05. The zero-order valence-corrected chi connectivity index (χ0v) is 13.5. The fraction of sp³-hybridized carbons (Fsp3) is 0.944. The Morgan fingerprint density at radius 2 is 1.55 bits per heavy atom. The van der Waals surface area contributed by atoms with Crippen LogP contribution in [0.15, 0.2) is 0 Å². The van der Waals surface area contributed by atoms with Gasteiger partial charge in [-0.1, -0.05) is 77.6 Å². The van der Waals surface area contributed by atoms with Crippen LogP contribution in [0.1, 0.15) is 96.8 Å². The molecular weight excluding hydrogens is 248 g/mol. The zero-order valence-electron chi connectivity index (χ0n) is 13.5. The van der Waals surface area contributed by atoms with E-state index in [9.17, 15) is 4.79 Å². The van der Waals surface area contributed by atoms with E-state index in [1.165, 1.54) is 70.6 Å². The van der Waals surface area contributed by atoms with E-state index in [1.807, 2.05) is 0 Å². The molecule has 1 fully saturated rings. The topological polar surface area (TPSA) is 26.3 Å². The molecule has 0 aromatic rings. The SMILES string of the molecule is CCCCCCOC(=O)CCCCCCCCC1CC1. The molecule has 0 amide bonds.